The lowest BCUT2D eigenvalue weighted by Crippen LogP contribution is -2.25. The van der Waals surface area contributed by atoms with Crippen molar-refractivity contribution in [3.63, 3.8) is 0 Å². The highest BCUT2D eigenvalue weighted by Crippen LogP contribution is 2.17. The number of halogens is 1. The molecule has 0 saturated carbocycles. The zero-order valence-corrected chi connectivity index (χ0v) is 12.7. The predicted octanol–water partition coefficient (Wildman–Crippen LogP) is 1.93. The smallest absolute Gasteiger partial charge is 0.211 e. The van der Waals surface area contributed by atoms with Crippen LogP contribution in [0.5, 0.6) is 0 Å². The zero-order chi connectivity index (χ0) is 13.0. The number of fused-ring (bicyclic) bond motifs is 1. The van der Waals surface area contributed by atoms with E-state index >= 15 is 0 Å². The van der Waals surface area contributed by atoms with Crippen molar-refractivity contribution in [3.8, 4) is 0 Å². The van der Waals surface area contributed by atoms with Crippen molar-refractivity contribution in [2.24, 2.45) is 0 Å². The number of unbranched alkanes of at least 4 members (excludes halogenated alkanes) is 1. The molecule has 1 heterocycles. The van der Waals surface area contributed by atoms with Gasteiger partial charge in [-0.3, -0.25) is 0 Å². The van der Waals surface area contributed by atoms with Crippen LogP contribution in [-0.2, 0) is 29.7 Å². The largest absolute Gasteiger partial charge is 0.309 e. The molecule has 2 rings (SSSR count). The Morgan fingerprint density at radius 2 is 2.00 bits per heavy atom. The van der Waals surface area contributed by atoms with E-state index in [2.05, 4.69) is 22.2 Å². The Hall–Kier alpha value is -0.620. The SMILES string of the molecule is CCCCS(=O)(=O)NCc1ccc2c(c1)CNC2.Cl. The quantitative estimate of drug-likeness (QED) is 0.844. The molecule has 0 spiro atoms. The Labute approximate surface area is 121 Å². The molecule has 0 amide bonds. The van der Waals surface area contributed by atoms with Crippen molar-refractivity contribution in [2.75, 3.05) is 5.75 Å². The fourth-order valence-electron chi connectivity index (χ4n) is 2.06. The van der Waals surface area contributed by atoms with Crippen LogP contribution in [0.15, 0.2) is 18.2 Å². The summed E-state index contributed by atoms with van der Waals surface area (Å²) in [5.74, 6) is 0.218. The van der Waals surface area contributed by atoms with E-state index in [1.165, 1.54) is 11.1 Å². The summed E-state index contributed by atoms with van der Waals surface area (Å²) in [6, 6.07) is 6.15. The van der Waals surface area contributed by atoms with Crippen molar-refractivity contribution in [2.45, 2.75) is 39.4 Å². The summed E-state index contributed by atoms with van der Waals surface area (Å²) < 4.78 is 26.0. The Bertz CT molecular complexity index is 517. The number of hydrogen-bond acceptors (Lipinski definition) is 3. The molecule has 0 aliphatic carbocycles. The minimum absolute atomic E-state index is 0. The molecular formula is C13H21ClN2O2S. The van der Waals surface area contributed by atoms with Crippen LogP contribution in [0.3, 0.4) is 0 Å². The molecule has 1 aromatic rings. The summed E-state index contributed by atoms with van der Waals surface area (Å²) in [5.41, 5.74) is 3.62. The lowest BCUT2D eigenvalue weighted by Gasteiger charge is -2.07. The van der Waals surface area contributed by atoms with Crippen LogP contribution in [0.25, 0.3) is 0 Å². The third-order valence-corrected chi connectivity index (χ3v) is 4.57. The van der Waals surface area contributed by atoms with Gasteiger partial charge in [-0.1, -0.05) is 31.5 Å². The summed E-state index contributed by atoms with van der Waals surface area (Å²) >= 11 is 0. The topological polar surface area (TPSA) is 58.2 Å². The van der Waals surface area contributed by atoms with E-state index < -0.39 is 10.0 Å². The fraction of sp³-hybridized carbons (Fsp3) is 0.538. The van der Waals surface area contributed by atoms with Crippen molar-refractivity contribution >= 4 is 22.4 Å². The van der Waals surface area contributed by atoms with Crippen LogP contribution in [0.2, 0.25) is 0 Å². The lowest BCUT2D eigenvalue weighted by molar-refractivity contribution is 0.578. The van der Waals surface area contributed by atoms with Crippen molar-refractivity contribution in [1.82, 2.24) is 10.0 Å². The highest BCUT2D eigenvalue weighted by molar-refractivity contribution is 7.89. The first kappa shape index (κ1) is 16.4. The second-order valence-corrected chi connectivity index (χ2v) is 6.63. The molecule has 0 radical (unpaired) electrons. The number of nitrogens with one attached hydrogen (secondary N) is 2. The molecule has 0 aromatic heterocycles. The maximum atomic E-state index is 11.7. The molecular weight excluding hydrogens is 284 g/mol. The van der Waals surface area contributed by atoms with Gasteiger partial charge in [-0.2, -0.15) is 0 Å². The predicted molar refractivity (Wildman–Crippen MR) is 79.8 cm³/mol. The van der Waals surface area contributed by atoms with Gasteiger partial charge in [0.15, 0.2) is 0 Å². The average molecular weight is 305 g/mol. The van der Waals surface area contributed by atoms with Gasteiger partial charge in [-0.05, 0) is 23.1 Å². The van der Waals surface area contributed by atoms with E-state index in [4.69, 9.17) is 0 Å². The standard InChI is InChI=1S/C13H20N2O2S.ClH/c1-2-3-6-18(16,17)15-8-11-4-5-12-9-14-10-13(12)7-11;/h4-5,7,14-15H,2-3,6,8-10H2,1H3;1H. The highest BCUT2D eigenvalue weighted by Gasteiger charge is 2.12. The van der Waals surface area contributed by atoms with Gasteiger partial charge in [0.05, 0.1) is 5.75 Å². The average Bonchev–Trinajstić information content (AvgIpc) is 2.81. The molecule has 108 valence electrons. The van der Waals surface area contributed by atoms with E-state index in [9.17, 15) is 8.42 Å². The number of rotatable bonds is 6. The second-order valence-electron chi connectivity index (χ2n) is 4.70. The normalized spacial score (nSPS) is 13.9. The number of hydrogen-bond donors (Lipinski definition) is 2. The van der Waals surface area contributed by atoms with E-state index in [1.807, 2.05) is 13.0 Å². The lowest BCUT2D eigenvalue weighted by atomic mass is 10.1. The van der Waals surface area contributed by atoms with Crippen LogP contribution >= 0.6 is 12.4 Å². The van der Waals surface area contributed by atoms with Crippen LogP contribution in [0, 0.1) is 0 Å². The third kappa shape index (κ3) is 4.76. The van der Waals surface area contributed by atoms with Gasteiger partial charge in [-0.25, -0.2) is 13.1 Å². The Morgan fingerprint density at radius 1 is 1.26 bits per heavy atom. The van der Waals surface area contributed by atoms with Gasteiger partial charge in [-0.15, -0.1) is 12.4 Å². The van der Waals surface area contributed by atoms with Crippen LogP contribution in [-0.4, -0.2) is 14.2 Å². The summed E-state index contributed by atoms with van der Waals surface area (Å²) in [7, 11) is -3.12. The third-order valence-electron chi connectivity index (χ3n) is 3.16. The molecule has 0 atom stereocenters. The van der Waals surface area contributed by atoms with E-state index in [0.29, 0.717) is 13.0 Å². The Balaban J connectivity index is 0.00000180. The van der Waals surface area contributed by atoms with Gasteiger partial charge < -0.3 is 5.32 Å². The van der Waals surface area contributed by atoms with E-state index in [-0.39, 0.29) is 18.2 Å². The van der Waals surface area contributed by atoms with Crippen molar-refractivity contribution in [3.05, 3.63) is 34.9 Å². The summed E-state index contributed by atoms with van der Waals surface area (Å²) in [5, 5.41) is 3.28. The highest BCUT2D eigenvalue weighted by atomic mass is 35.5. The Morgan fingerprint density at radius 3 is 2.74 bits per heavy atom. The molecule has 6 heteroatoms. The van der Waals surface area contributed by atoms with Gasteiger partial charge >= 0.3 is 0 Å². The van der Waals surface area contributed by atoms with E-state index in [0.717, 1.165) is 25.1 Å². The Kier molecular flexibility index (Phi) is 6.26. The summed E-state index contributed by atoms with van der Waals surface area (Å²) in [6.45, 7) is 4.17. The van der Waals surface area contributed by atoms with Crippen LogP contribution in [0.1, 0.15) is 36.5 Å². The molecule has 0 saturated heterocycles. The maximum Gasteiger partial charge on any atom is 0.211 e. The van der Waals surface area contributed by atoms with Gasteiger partial charge in [0.2, 0.25) is 10.0 Å². The molecule has 0 unspecified atom stereocenters. The minimum Gasteiger partial charge on any atom is -0.309 e. The first-order chi connectivity index (χ1) is 8.61. The maximum absolute atomic E-state index is 11.7. The summed E-state index contributed by atoms with van der Waals surface area (Å²) in [4.78, 5) is 0. The van der Waals surface area contributed by atoms with Crippen LogP contribution in [0.4, 0.5) is 0 Å². The monoisotopic (exact) mass is 304 g/mol. The molecule has 2 N–H and O–H groups in total. The molecule has 0 bridgehead atoms. The molecule has 19 heavy (non-hydrogen) atoms. The van der Waals surface area contributed by atoms with Crippen LogP contribution < -0.4 is 10.0 Å². The molecule has 0 fully saturated rings. The zero-order valence-electron chi connectivity index (χ0n) is 11.1. The first-order valence-corrected chi connectivity index (χ1v) is 8.04. The number of sulfonamides is 1. The molecule has 4 nitrogen and oxygen atoms in total. The van der Waals surface area contributed by atoms with Gasteiger partial charge in [0.1, 0.15) is 0 Å². The van der Waals surface area contributed by atoms with Gasteiger partial charge in [0, 0.05) is 19.6 Å². The molecule has 1 aromatic carbocycles. The van der Waals surface area contributed by atoms with Crippen molar-refractivity contribution in [1.29, 1.82) is 0 Å². The second kappa shape index (κ2) is 7.24. The molecule has 1 aliphatic rings. The fourth-order valence-corrected chi connectivity index (χ4v) is 3.26. The molecule has 1 aliphatic heterocycles. The van der Waals surface area contributed by atoms with E-state index in [1.54, 1.807) is 0 Å². The van der Waals surface area contributed by atoms with Crippen molar-refractivity contribution < 1.29 is 8.42 Å². The minimum atomic E-state index is -3.12. The summed E-state index contributed by atoms with van der Waals surface area (Å²) in [6.07, 6.45) is 1.61. The number of benzene rings is 1. The van der Waals surface area contributed by atoms with Gasteiger partial charge in [0.25, 0.3) is 0 Å². The first-order valence-electron chi connectivity index (χ1n) is 6.39.